The molecule has 0 fully saturated rings. The average Bonchev–Trinajstić information content (AvgIpc) is 2.21. The highest BCUT2D eigenvalue weighted by atomic mass is 14.9. The highest BCUT2D eigenvalue weighted by Crippen LogP contribution is 2.01. The lowest BCUT2D eigenvalue weighted by Crippen LogP contribution is -2.22. The first kappa shape index (κ1) is 9.93. The second-order valence-electron chi connectivity index (χ2n) is 2.99. The minimum absolute atomic E-state index is 0.391. The second-order valence-corrected chi connectivity index (χ2v) is 2.99. The van der Waals surface area contributed by atoms with Gasteiger partial charge in [0.25, 0.3) is 0 Å². The molecule has 70 valence electrons. The topological polar surface area (TPSA) is 24.9 Å². The van der Waals surface area contributed by atoms with Gasteiger partial charge < -0.3 is 5.32 Å². The molecule has 1 aromatic heterocycles. The summed E-state index contributed by atoms with van der Waals surface area (Å²) in [4.78, 5) is 4.26. The van der Waals surface area contributed by atoms with Crippen LogP contribution in [0.3, 0.4) is 0 Å². The van der Waals surface area contributed by atoms with Crippen LogP contribution < -0.4 is 5.32 Å². The first-order valence-electron chi connectivity index (χ1n) is 4.56. The van der Waals surface area contributed by atoms with Crippen molar-refractivity contribution in [2.24, 2.45) is 0 Å². The molecule has 0 bridgehead atoms. The Morgan fingerprint density at radius 3 is 3.00 bits per heavy atom. The Morgan fingerprint density at radius 2 is 2.46 bits per heavy atom. The average molecular weight is 176 g/mol. The summed E-state index contributed by atoms with van der Waals surface area (Å²) < 4.78 is 0. The Labute approximate surface area is 79.7 Å². The lowest BCUT2D eigenvalue weighted by atomic mass is 10.1. The summed E-state index contributed by atoms with van der Waals surface area (Å²) in [5.41, 5.74) is 1.14. The van der Waals surface area contributed by atoms with Gasteiger partial charge in [0.05, 0.1) is 0 Å². The van der Waals surface area contributed by atoms with E-state index in [9.17, 15) is 0 Å². The molecule has 2 nitrogen and oxygen atoms in total. The molecular weight excluding hydrogens is 160 g/mol. The summed E-state index contributed by atoms with van der Waals surface area (Å²) in [7, 11) is 1.95. The third-order valence-corrected chi connectivity index (χ3v) is 2.09. The van der Waals surface area contributed by atoms with E-state index >= 15 is 0 Å². The van der Waals surface area contributed by atoms with E-state index in [1.165, 1.54) is 0 Å². The number of hydrogen-bond acceptors (Lipinski definition) is 2. The SMILES string of the molecule is C=CC(CCc1ccccn1)NC. The molecule has 0 radical (unpaired) electrons. The summed E-state index contributed by atoms with van der Waals surface area (Å²) in [5, 5.41) is 3.18. The van der Waals surface area contributed by atoms with E-state index in [-0.39, 0.29) is 0 Å². The van der Waals surface area contributed by atoms with E-state index in [0.717, 1.165) is 18.5 Å². The summed E-state index contributed by atoms with van der Waals surface area (Å²) in [6, 6.07) is 6.40. The van der Waals surface area contributed by atoms with E-state index in [0.29, 0.717) is 6.04 Å². The minimum atomic E-state index is 0.391. The number of likely N-dealkylation sites (N-methyl/N-ethyl adjacent to an activating group) is 1. The molecule has 0 aliphatic heterocycles. The predicted molar refractivity (Wildman–Crippen MR) is 55.6 cm³/mol. The maximum Gasteiger partial charge on any atom is 0.0404 e. The van der Waals surface area contributed by atoms with Crippen LogP contribution in [0, 0.1) is 0 Å². The van der Waals surface area contributed by atoms with Crippen LogP contribution >= 0.6 is 0 Å². The standard InChI is InChI=1S/C11H16N2/c1-3-10(12-2)7-8-11-6-4-5-9-13-11/h3-6,9-10,12H,1,7-8H2,2H3. The molecule has 1 rings (SSSR count). The molecule has 0 saturated carbocycles. The molecule has 1 unspecified atom stereocenters. The van der Waals surface area contributed by atoms with E-state index in [2.05, 4.69) is 22.9 Å². The summed E-state index contributed by atoms with van der Waals surface area (Å²) in [6.07, 6.45) is 5.82. The fourth-order valence-corrected chi connectivity index (χ4v) is 1.23. The maximum atomic E-state index is 4.26. The number of hydrogen-bond donors (Lipinski definition) is 1. The smallest absolute Gasteiger partial charge is 0.0404 e. The van der Waals surface area contributed by atoms with Gasteiger partial charge in [-0.25, -0.2) is 0 Å². The Hall–Kier alpha value is -1.15. The van der Waals surface area contributed by atoms with Crippen molar-refractivity contribution in [3.63, 3.8) is 0 Å². The Bertz CT molecular complexity index is 244. The number of pyridine rings is 1. The van der Waals surface area contributed by atoms with Gasteiger partial charge in [-0.3, -0.25) is 4.98 Å². The highest BCUT2D eigenvalue weighted by Gasteiger charge is 2.00. The molecule has 1 N–H and O–H groups in total. The monoisotopic (exact) mass is 176 g/mol. The van der Waals surface area contributed by atoms with Crippen LogP contribution in [0.1, 0.15) is 12.1 Å². The van der Waals surface area contributed by atoms with Crippen LogP contribution in [0.2, 0.25) is 0 Å². The van der Waals surface area contributed by atoms with Crippen LogP contribution in [0.15, 0.2) is 37.1 Å². The van der Waals surface area contributed by atoms with Crippen LogP contribution in [0.25, 0.3) is 0 Å². The zero-order chi connectivity index (χ0) is 9.52. The predicted octanol–water partition coefficient (Wildman–Crippen LogP) is 1.79. The minimum Gasteiger partial charge on any atom is -0.314 e. The maximum absolute atomic E-state index is 4.26. The number of nitrogens with one attached hydrogen (secondary N) is 1. The molecule has 1 heterocycles. The van der Waals surface area contributed by atoms with Gasteiger partial charge in [-0.1, -0.05) is 12.1 Å². The van der Waals surface area contributed by atoms with Gasteiger partial charge in [-0.05, 0) is 32.0 Å². The van der Waals surface area contributed by atoms with E-state index in [4.69, 9.17) is 0 Å². The Morgan fingerprint density at radius 1 is 1.62 bits per heavy atom. The van der Waals surface area contributed by atoms with Crippen molar-refractivity contribution in [3.8, 4) is 0 Å². The number of aromatic nitrogens is 1. The summed E-state index contributed by atoms with van der Waals surface area (Å²) in [5.74, 6) is 0. The van der Waals surface area contributed by atoms with Crippen LogP contribution in [-0.4, -0.2) is 18.1 Å². The van der Waals surface area contributed by atoms with Gasteiger partial charge in [0, 0.05) is 17.9 Å². The fraction of sp³-hybridized carbons (Fsp3) is 0.364. The van der Waals surface area contributed by atoms with Crippen molar-refractivity contribution in [1.29, 1.82) is 0 Å². The van der Waals surface area contributed by atoms with Gasteiger partial charge in [0.2, 0.25) is 0 Å². The van der Waals surface area contributed by atoms with Gasteiger partial charge >= 0.3 is 0 Å². The number of nitrogens with zero attached hydrogens (tertiary/aromatic N) is 1. The van der Waals surface area contributed by atoms with E-state index in [1.807, 2.05) is 31.5 Å². The zero-order valence-electron chi connectivity index (χ0n) is 8.03. The van der Waals surface area contributed by atoms with Crippen LogP contribution in [0.5, 0.6) is 0 Å². The molecule has 0 saturated heterocycles. The summed E-state index contributed by atoms with van der Waals surface area (Å²) >= 11 is 0. The quantitative estimate of drug-likeness (QED) is 0.692. The normalized spacial score (nSPS) is 12.4. The van der Waals surface area contributed by atoms with Crippen LogP contribution in [-0.2, 0) is 6.42 Å². The molecule has 0 aliphatic carbocycles. The molecule has 1 atom stereocenters. The lowest BCUT2D eigenvalue weighted by Gasteiger charge is -2.09. The Balaban J connectivity index is 2.38. The fourth-order valence-electron chi connectivity index (χ4n) is 1.23. The van der Waals surface area contributed by atoms with Crippen molar-refractivity contribution in [3.05, 3.63) is 42.7 Å². The highest BCUT2D eigenvalue weighted by molar-refractivity contribution is 5.04. The first-order valence-corrected chi connectivity index (χ1v) is 4.56. The van der Waals surface area contributed by atoms with Crippen molar-refractivity contribution in [2.45, 2.75) is 18.9 Å². The second kappa shape index (κ2) is 5.49. The number of rotatable bonds is 5. The third kappa shape index (κ3) is 3.38. The molecule has 1 aromatic rings. The molecule has 0 aliphatic rings. The van der Waals surface area contributed by atoms with Crippen LogP contribution in [0.4, 0.5) is 0 Å². The summed E-state index contributed by atoms with van der Waals surface area (Å²) in [6.45, 7) is 3.76. The molecule has 0 amide bonds. The van der Waals surface area contributed by atoms with Gasteiger partial charge in [0.1, 0.15) is 0 Å². The first-order chi connectivity index (χ1) is 6.36. The third-order valence-electron chi connectivity index (χ3n) is 2.09. The van der Waals surface area contributed by atoms with E-state index < -0.39 is 0 Å². The lowest BCUT2D eigenvalue weighted by molar-refractivity contribution is 0.610. The molecule has 13 heavy (non-hydrogen) atoms. The van der Waals surface area contributed by atoms with Gasteiger partial charge in [-0.2, -0.15) is 0 Å². The van der Waals surface area contributed by atoms with Crippen molar-refractivity contribution >= 4 is 0 Å². The van der Waals surface area contributed by atoms with Gasteiger partial charge in [-0.15, -0.1) is 6.58 Å². The van der Waals surface area contributed by atoms with Gasteiger partial charge in [0.15, 0.2) is 0 Å². The van der Waals surface area contributed by atoms with E-state index in [1.54, 1.807) is 0 Å². The molecule has 2 heteroatoms. The number of aryl methyl sites for hydroxylation is 1. The largest absolute Gasteiger partial charge is 0.314 e. The zero-order valence-corrected chi connectivity index (χ0v) is 8.03. The van der Waals surface area contributed by atoms with Crippen molar-refractivity contribution < 1.29 is 0 Å². The molecule has 0 spiro atoms. The molecule has 0 aromatic carbocycles. The van der Waals surface area contributed by atoms with Crippen molar-refractivity contribution in [1.82, 2.24) is 10.3 Å². The Kier molecular flexibility index (Phi) is 4.19. The molecular formula is C11H16N2. The van der Waals surface area contributed by atoms with Crippen molar-refractivity contribution in [2.75, 3.05) is 7.05 Å².